The highest BCUT2D eigenvalue weighted by Crippen LogP contribution is 2.29. The van der Waals surface area contributed by atoms with Crippen LogP contribution in [0.3, 0.4) is 0 Å². The highest BCUT2D eigenvalue weighted by molar-refractivity contribution is 7.87. The molecule has 3 N–H and O–H groups in total. The Morgan fingerprint density at radius 3 is 2.68 bits per heavy atom. The summed E-state index contributed by atoms with van der Waals surface area (Å²) in [6.45, 7) is -0.178. The smallest absolute Gasteiger partial charge is 0.274 e. The van der Waals surface area contributed by atoms with Crippen LogP contribution in [0.2, 0.25) is 0 Å². The Bertz CT molecular complexity index is 1250. The van der Waals surface area contributed by atoms with Gasteiger partial charge in [0.25, 0.3) is 10.2 Å². The molecule has 2 heterocycles. The van der Waals surface area contributed by atoms with Gasteiger partial charge in [-0.05, 0) is 35.4 Å². The Hall–Kier alpha value is -2.73. The number of rotatable bonds is 6. The van der Waals surface area contributed by atoms with Crippen LogP contribution in [-0.4, -0.2) is 23.6 Å². The molecular formula is C17H14FN5O3S2. The summed E-state index contributed by atoms with van der Waals surface area (Å²) in [6, 6.07) is 12.1. The van der Waals surface area contributed by atoms with Crippen LogP contribution in [0, 0.1) is 5.82 Å². The molecule has 0 aliphatic rings. The zero-order chi connectivity index (χ0) is 19.7. The minimum atomic E-state index is -3.83. The van der Waals surface area contributed by atoms with Crippen LogP contribution in [0.25, 0.3) is 21.3 Å². The molecule has 0 saturated heterocycles. The Kier molecular flexibility index (Phi) is 4.89. The van der Waals surface area contributed by atoms with Crippen molar-refractivity contribution in [3.8, 4) is 11.1 Å². The summed E-state index contributed by atoms with van der Waals surface area (Å²) >= 11 is 1.47. The minimum absolute atomic E-state index is 0.110. The number of nitrogens with zero attached hydrogens (tertiary/aromatic N) is 3. The highest BCUT2D eigenvalue weighted by Gasteiger charge is 2.13. The standard InChI is InChI=1S/C17H14FN5O3S2/c18-12-3-1-2-10(6-12)11-4-5-13-14(7-11)27-17(21-13)8-15-22-23-16(26-15)9-20-28(19,24)25/h1-7,20H,8-9H2,(H2,19,24,25). The first-order chi connectivity index (χ1) is 13.4. The number of benzene rings is 2. The highest BCUT2D eigenvalue weighted by atomic mass is 32.2. The maximum Gasteiger partial charge on any atom is 0.274 e. The van der Waals surface area contributed by atoms with Gasteiger partial charge in [0.2, 0.25) is 11.8 Å². The van der Waals surface area contributed by atoms with E-state index in [4.69, 9.17) is 9.56 Å². The van der Waals surface area contributed by atoms with Crippen molar-refractivity contribution in [2.24, 2.45) is 5.14 Å². The number of halogens is 1. The summed E-state index contributed by atoms with van der Waals surface area (Å²) in [4.78, 5) is 4.54. The quantitative estimate of drug-likeness (QED) is 0.494. The number of hydrogen-bond donors (Lipinski definition) is 2. The van der Waals surface area contributed by atoms with E-state index in [0.717, 1.165) is 26.4 Å². The summed E-state index contributed by atoms with van der Waals surface area (Å²) in [5, 5.41) is 13.3. The van der Waals surface area contributed by atoms with Gasteiger partial charge in [0.1, 0.15) is 10.8 Å². The zero-order valence-corrected chi connectivity index (χ0v) is 15.9. The summed E-state index contributed by atoms with van der Waals surface area (Å²) in [7, 11) is -3.83. The average Bonchev–Trinajstić information content (AvgIpc) is 3.25. The molecule has 0 fully saturated rings. The summed E-state index contributed by atoms with van der Waals surface area (Å²) < 4.78 is 43.7. The molecule has 0 aliphatic heterocycles. The van der Waals surface area contributed by atoms with E-state index < -0.39 is 10.2 Å². The molecule has 0 radical (unpaired) electrons. The van der Waals surface area contributed by atoms with Crippen LogP contribution in [0.1, 0.15) is 16.8 Å². The maximum atomic E-state index is 13.5. The molecule has 0 aliphatic carbocycles. The normalized spacial score (nSPS) is 11.9. The first kappa shape index (κ1) is 18.6. The van der Waals surface area contributed by atoms with Crippen molar-refractivity contribution in [3.05, 3.63) is 65.1 Å². The van der Waals surface area contributed by atoms with Crippen molar-refractivity contribution in [2.45, 2.75) is 13.0 Å². The van der Waals surface area contributed by atoms with Crippen molar-refractivity contribution in [3.63, 3.8) is 0 Å². The third-order valence-corrected chi connectivity index (χ3v) is 5.39. The van der Waals surface area contributed by atoms with Gasteiger partial charge in [-0.15, -0.1) is 21.5 Å². The summed E-state index contributed by atoms with van der Waals surface area (Å²) in [6.07, 6.45) is 0.316. The number of nitrogens with one attached hydrogen (secondary N) is 1. The number of fused-ring (bicyclic) bond motifs is 1. The Labute approximate surface area is 163 Å². The van der Waals surface area contributed by atoms with Gasteiger partial charge in [0.05, 0.1) is 23.2 Å². The minimum Gasteiger partial charge on any atom is -0.423 e. The Balaban J connectivity index is 1.53. The number of thiazole rings is 1. The van der Waals surface area contributed by atoms with Crippen molar-refractivity contribution in [1.29, 1.82) is 0 Å². The van der Waals surface area contributed by atoms with Crippen molar-refractivity contribution < 1.29 is 17.2 Å². The zero-order valence-electron chi connectivity index (χ0n) is 14.3. The van der Waals surface area contributed by atoms with E-state index in [-0.39, 0.29) is 18.3 Å². The first-order valence-corrected chi connectivity index (χ1v) is 10.5. The van der Waals surface area contributed by atoms with Crippen LogP contribution in [0.5, 0.6) is 0 Å². The SMILES string of the molecule is NS(=O)(=O)NCc1nnc(Cc2nc3ccc(-c4cccc(F)c4)cc3s2)o1. The van der Waals surface area contributed by atoms with E-state index in [1.165, 1.54) is 23.5 Å². The van der Waals surface area contributed by atoms with Gasteiger partial charge in [-0.25, -0.2) is 14.5 Å². The van der Waals surface area contributed by atoms with E-state index in [9.17, 15) is 12.8 Å². The van der Waals surface area contributed by atoms with Crippen molar-refractivity contribution >= 4 is 31.8 Å². The van der Waals surface area contributed by atoms with Gasteiger partial charge in [-0.3, -0.25) is 0 Å². The second-order valence-electron chi connectivity index (χ2n) is 5.93. The number of hydrogen-bond acceptors (Lipinski definition) is 7. The molecule has 0 amide bonds. The van der Waals surface area contributed by atoms with E-state index in [0.29, 0.717) is 12.3 Å². The first-order valence-electron chi connectivity index (χ1n) is 8.10. The van der Waals surface area contributed by atoms with Gasteiger partial charge in [0, 0.05) is 0 Å². The molecule has 0 unspecified atom stereocenters. The number of nitrogens with two attached hydrogens (primary N) is 1. The van der Waals surface area contributed by atoms with Crippen LogP contribution >= 0.6 is 11.3 Å². The largest absolute Gasteiger partial charge is 0.423 e. The topological polar surface area (TPSA) is 124 Å². The predicted molar refractivity (Wildman–Crippen MR) is 102 cm³/mol. The van der Waals surface area contributed by atoms with Gasteiger partial charge in [-0.2, -0.15) is 13.1 Å². The lowest BCUT2D eigenvalue weighted by Gasteiger charge is -2.01. The van der Waals surface area contributed by atoms with Gasteiger partial charge in [0.15, 0.2) is 0 Å². The third kappa shape index (κ3) is 4.39. The fraction of sp³-hybridized carbons (Fsp3) is 0.118. The number of aromatic nitrogens is 3. The molecule has 2 aromatic carbocycles. The van der Waals surface area contributed by atoms with E-state index in [1.54, 1.807) is 6.07 Å². The van der Waals surface area contributed by atoms with Crippen LogP contribution in [0.15, 0.2) is 46.9 Å². The lowest BCUT2D eigenvalue weighted by molar-refractivity contribution is 0.451. The van der Waals surface area contributed by atoms with Crippen molar-refractivity contribution in [2.75, 3.05) is 0 Å². The maximum absolute atomic E-state index is 13.5. The summed E-state index contributed by atoms with van der Waals surface area (Å²) in [5.41, 5.74) is 2.51. The molecule has 0 atom stereocenters. The Morgan fingerprint density at radius 1 is 1.11 bits per heavy atom. The van der Waals surface area contributed by atoms with E-state index in [2.05, 4.69) is 19.9 Å². The molecule has 0 bridgehead atoms. The fourth-order valence-corrected chi connectivity index (χ4v) is 3.94. The van der Waals surface area contributed by atoms with Crippen LogP contribution < -0.4 is 9.86 Å². The molecule has 8 nitrogen and oxygen atoms in total. The fourth-order valence-electron chi connectivity index (χ4n) is 2.62. The molecule has 4 aromatic rings. The molecule has 4 rings (SSSR count). The molecular weight excluding hydrogens is 405 g/mol. The molecule has 0 spiro atoms. The van der Waals surface area contributed by atoms with E-state index in [1.807, 2.05) is 24.3 Å². The molecule has 0 saturated carbocycles. The second-order valence-corrected chi connectivity index (χ2v) is 8.43. The molecule has 144 valence electrons. The lowest BCUT2D eigenvalue weighted by Crippen LogP contribution is -2.30. The van der Waals surface area contributed by atoms with E-state index >= 15 is 0 Å². The predicted octanol–water partition coefficient (Wildman–Crippen LogP) is 2.37. The summed E-state index contributed by atoms with van der Waals surface area (Å²) in [5.74, 6) is 0.140. The van der Waals surface area contributed by atoms with Gasteiger partial charge in [-0.1, -0.05) is 18.2 Å². The lowest BCUT2D eigenvalue weighted by atomic mass is 10.1. The monoisotopic (exact) mass is 419 g/mol. The molecule has 11 heteroatoms. The van der Waals surface area contributed by atoms with Crippen LogP contribution in [-0.2, 0) is 23.2 Å². The molecule has 28 heavy (non-hydrogen) atoms. The van der Waals surface area contributed by atoms with Crippen LogP contribution in [0.4, 0.5) is 4.39 Å². The Morgan fingerprint density at radius 2 is 1.89 bits per heavy atom. The van der Waals surface area contributed by atoms with Crippen molar-refractivity contribution in [1.82, 2.24) is 19.9 Å². The molecule has 2 aromatic heterocycles. The van der Waals surface area contributed by atoms with Gasteiger partial charge < -0.3 is 4.42 Å². The average molecular weight is 419 g/mol. The van der Waals surface area contributed by atoms with Gasteiger partial charge >= 0.3 is 0 Å². The third-order valence-electron chi connectivity index (χ3n) is 3.83. The second kappa shape index (κ2) is 7.36.